The van der Waals surface area contributed by atoms with Crippen molar-refractivity contribution in [3.05, 3.63) is 48.3 Å². The molecule has 0 aromatic heterocycles. The summed E-state index contributed by atoms with van der Waals surface area (Å²) >= 11 is 0. The lowest BCUT2D eigenvalue weighted by Gasteiger charge is -2.21. The molecule has 0 bridgehead atoms. The summed E-state index contributed by atoms with van der Waals surface area (Å²) in [5, 5.41) is 0. The third-order valence-corrected chi connectivity index (χ3v) is 2.03. The molecule has 0 aliphatic rings. The van der Waals surface area contributed by atoms with E-state index in [-0.39, 0.29) is 5.82 Å². The molecule has 4 heteroatoms. The maximum Gasteiger partial charge on any atom is 0.509 e. The van der Waals surface area contributed by atoms with Gasteiger partial charge in [0.1, 0.15) is 17.5 Å². The number of rotatable bonds is 3. The predicted octanol–water partition coefficient (Wildman–Crippen LogP) is 4.00. The molecular weight excluding hydrogens is 235 g/mol. The Morgan fingerprint density at radius 3 is 2.33 bits per heavy atom. The number of ether oxygens (including phenoxy) is 2. The summed E-state index contributed by atoms with van der Waals surface area (Å²) in [6, 6.07) is 5.66. The molecule has 0 amide bonds. The first-order chi connectivity index (χ1) is 8.31. The zero-order valence-corrected chi connectivity index (χ0v) is 10.8. The largest absolute Gasteiger partial charge is 0.509 e. The van der Waals surface area contributed by atoms with E-state index in [9.17, 15) is 9.18 Å². The lowest BCUT2D eigenvalue weighted by Crippen LogP contribution is -2.25. The van der Waals surface area contributed by atoms with Gasteiger partial charge in [-0.2, -0.15) is 0 Å². The Bertz CT molecular complexity index is 418. The molecule has 0 N–H and O–H groups in total. The molecule has 0 radical (unpaired) electrons. The minimum atomic E-state index is -0.781. The minimum absolute atomic E-state index is 0.348. The molecule has 1 atom stereocenters. The van der Waals surface area contributed by atoms with Gasteiger partial charge in [-0.1, -0.05) is 18.7 Å². The maximum atomic E-state index is 12.8. The summed E-state index contributed by atoms with van der Waals surface area (Å²) in [4.78, 5) is 11.5. The van der Waals surface area contributed by atoms with Gasteiger partial charge >= 0.3 is 6.16 Å². The summed E-state index contributed by atoms with van der Waals surface area (Å²) in [6.45, 7) is 8.82. The quantitative estimate of drug-likeness (QED) is 0.602. The number of hydrogen-bond acceptors (Lipinski definition) is 3. The summed E-state index contributed by atoms with van der Waals surface area (Å²) in [5.41, 5.74) is 0.0169. The molecule has 1 unspecified atom stereocenters. The molecule has 0 heterocycles. The second-order valence-electron chi connectivity index (χ2n) is 4.79. The molecule has 0 fully saturated rings. The molecule has 0 aliphatic heterocycles. The van der Waals surface area contributed by atoms with E-state index in [1.165, 1.54) is 30.3 Å². The van der Waals surface area contributed by atoms with Crippen LogP contribution in [0.25, 0.3) is 0 Å². The average Bonchev–Trinajstić information content (AvgIpc) is 2.25. The second-order valence-corrected chi connectivity index (χ2v) is 4.79. The van der Waals surface area contributed by atoms with Crippen LogP contribution in [0.3, 0.4) is 0 Å². The topological polar surface area (TPSA) is 35.5 Å². The Labute approximate surface area is 106 Å². The maximum absolute atomic E-state index is 12.8. The lowest BCUT2D eigenvalue weighted by atomic mass is 10.1. The molecule has 1 rings (SSSR count). The van der Waals surface area contributed by atoms with Crippen LogP contribution in [0, 0.1) is 5.82 Å². The fraction of sp³-hybridized carbons (Fsp3) is 0.357. The SMILES string of the molecule is C=CC(OC(=O)OC(C)(C)C)c1ccc(F)cc1. The van der Waals surface area contributed by atoms with Crippen LogP contribution in [0.2, 0.25) is 0 Å². The molecular formula is C14H17FO3. The Morgan fingerprint density at radius 1 is 1.33 bits per heavy atom. The van der Waals surface area contributed by atoms with Crippen LogP contribution in [0.1, 0.15) is 32.4 Å². The van der Waals surface area contributed by atoms with Crippen molar-refractivity contribution in [1.29, 1.82) is 0 Å². The van der Waals surface area contributed by atoms with Gasteiger partial charge in [-0.15, -0.1) is 0 Å². The molecule has 0 saturated carbocycles. The molecule has 1 aromatic rings. The van der Waals surface area contributed by atoms with Crippen molar-refractivity contribution in [1.82, 2.24) is 0 Å². The van der Waals surface area contributed by atoms with Gasteiger partial charge in [0.05, 0.1) is 0 Å². The molecule has 0 aliphatic carbocycles. The predicted molar refractivity (Wildman–Crippen MR) is 66.7 cm³/mol. The Hall–Kier alpha value is -1.84. The van der Waals surface area contributed by atoms with Crippen molar-refractivity contribution in [2.24, 2.45) is 0 Å². The highest BCUT2D eigenvalue weighted by molar-refractivity contribution is 5.61. The van der Waals surface area contributed by atoms with Gasteiger partial charge < -0.3 is 9.47 Å². The normalized spacial score (nSPS) is 12.7. The Kier molecular flexibility index (Phi) is 4.48. The zero-order chi connectivity index (χ0) is 13.8. The van der Waals surface area contributed by atoms with E-state index in [0.717, 1.165) is 0 Å². The first-order valence-corrected chi connectivity index (χ1v) is 5.59. The van der Waals surface area contributed by atoms with Crippen LogP contribution in [-0.4, -0.2) is 11.8 Å². The zero-order valence-electron chi connectivity index (χ0n) is 10.8. The Morgan fingerprint density at radius 2 is 1.89 bits per heavy atom. The van der Waals surface area contributed by atoms with Gasteiger partial charge in [0.2, 0.25) is 0 Å². The third kappa shape index (κ3) is 4.57. The van der Waals surface area contributed by atoms with Crippen molar-refractivity contribution < 1.29 is 18.7 Å². The molecule has 3 nitrogen and oxygen atoms in total. The highest BCUT2D eigenvalue weighted by atomic mass is 19.1. The summed E-state index contributed by atoms with van der Waals surface area (Å²) < 4.78 is 22.9. The van der Waals surface area contributed by atoms with Gasteiger partial charge in [0.15, 0.2) is 0 Å². The van der Waals surface area contributed by atoms with Gasteiger partial charge in [0, 0.05) is 0 Å². The lowest BCUT2D eigenvalue weighted by molar-refractivity contribution is -0.0188. The molecule has 1 aromatic carbocycles. The van der Waals surface area contributed by atoms with Crippen molar-refractivity contribution in [3.8, 4) is 0 Å². The van der Waals surface area contributed by atoms with Gasteiger partial charge in [-0.3, -0.25) is 0 Å². The molecule has 0 spiro atoms. The van der Waals surface area contributed by atoms with E-state index in [1.807, 2.05) is 0 Å². The van der Waals surface area contributed by atoms with Gasteiger partial charge in [0.25, 0.3) is 0 Å². The third-order valence-electron chi connectivity index (χ3n) is 2.03. The highest BCUT2D eigenvalue weighted by Crippen LogP contribution is 2.21. The van der Waals surface area contributed by atoms with E-state index >= 15 is 0 Å². The van der Waals surface area contributed by atoms with Crippen LogP contribution < -0.4 is 0 Å². The molecule has 18 heavy (non-hydrogen) atoms. The highest BCUT2D eigenvalue weighted by Gasteiger charge is 2.20. The van der Waals surface area contributed by atoms with Gasteiger partial charge in [-0.05, 0) is 44.5 Å². The molecule has 98 valence electrons. The average molecular weight is 252 g/mol. The first kappa shape index (κ1) is 14.2. The number of benzene rings is 1. The fourth-order valence-electron chi connectivity index (χ4n) is 1.28. The number of hydrogen-bond donors (Lipinski definition) is 0. The monoisotopic (exact) mass is 252 g/mol. The van der Waals surface area contributed by atoms with Crippen LogP contribution in [-0.2, 0) is 9.47 Å². The van der Waals surface area contributed by atoms with Crippen molar-refractivity contribution in [2.75, 3.05) is 0 Å². The Balaban J connectivity index is 2.71. The standard InChI is InChI=1S/C14H17FO3/c1-5-12(10-6-8-11(15)9-7-10)17-13(16)18-14(2,3)4/h5-9,12H,1H2,2-4H3. The first-order valence-electron chi connectivity index (χ1n) is 5.59. The number of carbonyl (C=O) groups excluding carboxylic acids is 1. The van der Waals surface area contributed by atoms with Crippen molar-refractivity contribution in [3.63, 3.8) is 0 Å². The smallest absolute Gasteiger partial charge is 0.429 e. The van der Waals surface area contributed by atoms with E-state index < -0.39 is 17.9 Å². The summed E-state index contributed by atoms with van der Waals surface area (Å²) in [7, 11) is 0. The van der Waals surface area contributed by atoms with Gasteiger partial charge in [-0.25, -0.2) is 9.18 Å². The fourth-order valence-corrected chi connectivity index (χ4v) is 1.28. The van der Waals surface area contributed by atoms with E-state index in [2.05, 4.69) is 6.58 Å². The van der Waals surface area contributed by atoms with Crippen LogP contribution in [0.5, 0.6) is 0 Å². The van der Waals surface area contributed by atoms with Crippen molar-refractivity contribution in [2.45, 2.75) is 32.5 Å². The van der Waals surface area contributed by atoms with Crippen molar-refractivity contribution >= 4 is 6.16 Å². The van der Waals surface area contributed by atoms with Crippen LogP contribution in [0.4, 0.5) is 9.18 Å². The van der Waals surface area contributed by atoms with Crippen LogP contribution >= 0.6 is 0 Å². The van der Waals surface area contributed by atoms with E-state index in [4.69, 9.17) is 9.47 Å². The second kappa shape index (κ2) is 5.67. The number of carbonyl (C=O) groups is 1. The summed E-state index contributed by atoms with van der Waals surface area (Å²) in [5.74, 6) is -0.348. The van der Waals surface area contributed by atoms with E-state index in [0.29, 0.717) is 5.56 Å². The minimum Gasteiger partial charge on any atom is -0.429 e. The summed E-state index contributed by atoms with van der Waals surface area (Å²) in [6.07, 6.45) is 0.0223. The van der Waals surface area contributed by atoms with Crippen LogP contribution in [0.15, 0.2) is 36.9 Å². The molecule has 0 saturated heterocycles. The number of halogens is 1. The van der Waals surface area contributed by atoms with E-state index in [1.54, 1.807) is 20.8 Å².